The van der Waals surface area contributed by atoms with Crippen molar-refractivity contribution in [1.29, 1.82) is 0 Å². The minimum absolute atomic E-state index is 0.686. The van der Waals surface area contributed by atoms with Crippen LogP contribution in [0.3, 0.4) is 0 Å². The molecule has 0 bridgehead atoms. The maximum absolute atomic E-state index is 10.5. The quantitative estimate of drug-likeness (QED) is 0.876. The molecular weight excluding hydrogens is 218 g/mol. The molecule has 1 atom stereocenters. The SMILES string of the molecule is CC1CCN(CC(C)(O)c2cccs2)CC1. The summed E-state index contributed by atoms with van der Waals surface area (Å²) in [6.45, 7) is 7.26. The summed E-state index contributed by atoms with van der Waals surface area (Å²) in [7, 11) is 0. The molecule has 0 amide bonds. The van der Waals surface area contributed by atoms with Crippen LogP contribution < -0.4 is 0 Å². The summed E-state index contributed by atoms with van der Waals surface area (Å²) >= 11 is 1.64. The second-order valence-electron chi connectivity index (χ2n) is 5.21. The molecule has 1 aliphatic rings. The normalized spacial score (nSPS) is 23.2. The molecule has 1 saturated heterocycles. The lowest BCUT2D eigenvalue weighted by atomic mass is 9.97. The Labute approximate surface area is 102 Å². The third-order valence-electron chi connectivity index (χ3n) is 3.46. The Morgan fingerprint density at radius 3 is 2.75 bits per heavy atom. The van der Waals surface area contributed by atoms with Crippen molar-refractivity contribution in [2.45, 2.75) is 32.3 Å². The Bertz CT molecular complexity index is 313. The van der Waals surface area contributed by atoms with Gasteiger partial charge in [0.2, 0.25) is 0 Å². The molecule has 16 heavy (non-hydrogen) atoms. The summed E-state index contributed by atoms with van der Waals surface area (Å²) in [4.78, 5) is 3.46. The van der Waals surface area contributed by atoms with Crippen molar-refractivity contribution < 1.29 is 5.11 Å². The number of rotatable bonds is 3. The van der Waals surface area contributed by atoms with Gasteiger partial charge in [-0.3, -0.25) is 0 Å². The molecule has 0 saturated carbocycles. The van der Waals surface area contributed by atoms with E-state index in [2.05, 4.69) is 11.8 Å². The molecule has 1 aromatic heterocycles. The number of piperidine rings is 1. The van der Waals surface area contributed by atoms with Gasteiger partial charge in [0, 0.05) is 11.4 Å². The maximum atomic E-state index is 10.5. The second-order valence-corrected chi connectivity index (χ2v) is 6.16. The molecule has 2 rings (SSSR count). The number of aliphatic hydroxyl groups is 1. The average molecular weight is 239 g/mol. The summed E-state index contributed by atoms with van der Waals surface area (Å²) in [6.07, 6.45) is 2.53. The standard InChI is InChI=1S/C13H21NOS/c1-11-5-7-14(8-6-11)10-13(2,15)12-4-3-9-16-12/h3-4,9,11,15H,5-8,10H2,1-2H3. The van der Waals surface area contributed by atoms with E-state index in [0.717, 1.165) is 30.4 Å². The highest BCUT2D eigenvalue weighted by Gasteiger charge is 2.28. The molecule has 1 fully saturated rings. The van der Waals surface area contributed by atoms with Gasteiger partial charge in [-0.15, -0.1) is 11.3 Å². The van der Waals surface area contributed by atoms with Crippen LogP contribution in [0.5, 0.6) is 0 Å². The zero-order valence-corrected chi connectivity index (χ0v) is 11.0. The second kappa shape index (κ2) is 4.86. The molecule has 1 N–H and O–H groups in total. The van der Waals surface area contributed by atoms with Gasteiger partial charge in [-0.05, 0) is 50.2 Å². The number of hydrogen-bond donors (Lipinski definition) is 1. The predicted molar refractivity (Wildman–Crippen MR) is 68.7 cm³/mol. The number of hydrogen-bond acceptors (Lipinski definition) is 3. The summed E-state index contributed by atoms with van der Waals surface area (Å²) in [5.74, 6) is 0.850. The van der Waals surface area contributed by atoms with E-state index >= 15 is 0 Å². The molecule has 1 unspecified atom stereocenters. The number of likely N-dealkylation sites (tertiary alicyclic amines) is 1. The van der Waals surface area contributed by atoms with Gasteiger partial charge in [-0.2, -0.15) is 0 Å². The van der Waals surface area contributed by atoms with E-state index in [9.17, 15) is 5.11 Å². The van der Waals surface area contributed by atoms with Gasteiger partial charge in [0.1, 0.15) is 5.60 Å². The van der Waals surface area contributed by atoms with Gasteiger partial charge in [-0.25, -0.2) is 0 Å². The largest absolute Gasteiger partial charge is 0.383 e. The Balaban J connectivity index is 1.94. The zero-order chi connectivity index (χ0) is 11.6. The number of β-amino-alcohol motifs (C(OH)–C–C–N with tert-alkyl or cyclic N) is 1. The van der Waals surface area contributed by atoms with Crippen molar-refractivity contribution in [2.75, 3.05) is 19.6 Å². The van der Waals surface area contributed by atoms with Gasteiger partial charge < -0.3 is 10.0 Å². The molecule has 3 heteroatoms. The first-order valence-corrected chi connectivity index (χ1v) is 6.94. The average Bonchev–Trinajstić information content (AvgIpc) is 2.75. The van der Waals surface area contributed by atoms with Crippen LogP contribution >= 0.6 is 11.3 Å². The fraction of sp³-hybridized carbons (Fsp3) is 0.692. The smallest absolute Gasteiger partial charge is 0.109 e. The van der Waals surface area contributed by atoms with Crippen LogP contribution in [0.25, 0.3) is 0 Å². The van der Waals surface area contributed by atoms with Gasteiger partial charge in [0.15, 0.2) is 0 Å². The van der Waals surface area contributed by atoms with Crippen molar-refractivity contribution in [2.24, 2.45) is 5.92 Å². The highest BCUT2D eigenvalue weighted by molar-refractivity contribution is 7.10. The molecule has 0 radical (unpaired) electrons. The van der Waals surface area contributed by atoms with Crippen LogP contribution in [0.4, 0.5) is 0 Å². The van der Waals surface area contributed by atoms with E-state index in [0.29, 0.717) is 0 Å². The fourth-order valence-electron chi connectivity index (χ4n) is 2.32. The Morgan fingerprint density at radius 2 is 2.19 bits per heavy atom. The van der Waals surface area contributed by atoms with Crippen molar-refractivity contribution in [1.82, 2.24) is 4.90 Å². The van der Waals surface area contributed by atoms with E-state index in [1.165, 1.54) is 12.8 Å². The van der Waals surface area contributed by atoms with Crippen LogP contribution in [-0.2, 0) is 5.60 Å². The summed E-state index contributed by atoms with van der Waals surface area (Å²) in [5, 5.41) is 12.5. The molecule has 2 heterocycles. The van der Waals surface area contributed by atoms with Crippen LogP contribution in [0.15, 0.2) is 17.5 Å². The van der Waals surface area contributed by atoms with E-state index in [4.69, 9.17) is 0 Å². The van der Waals surface area contributed by atoms with Crippen molar-refractivity contribution >= 4 is 11.3 Å². The monoisotopic (exact) mass is 239 g/mol. The Kier molecular flexibility index (Phi) is 3.67. The first kappa shape index (κ1) is 12.1. The molecule has 0 aromatic carbocycles. The van der Waals surface area contributed by atoms with Crippen molar-refractivity contribution in [3.63, 3.8) is 0 Å². The van der Waals surface area contributed by atoms with E-state index in [-0.39, 0.29) is 0 Å². The topological polar surface area (TPSA) is 23.5 Å². The third kappa shape index (κ3) is 2.84. The minimum Gasteiger partial charge on any atom is -0.383 e. The van der Waals surface area contributed by atoms with Gasteiger partial charge in [0.05, 0.1) is 0 Å². The Morgan fingerprint density at radius 1 is 1.50 bits per heavy atom. The van der Waals surface area contributed by atoms with E-state index in [1.54, 1.807) is 11.3 Å². The molecule has 0 aliphatic carbocycles. The minimum atomic E-state index is -0.686. The Hall–Kier alpha value is -0.380. The lowest BCUT2D eigenvalue weighted by Crippen LogP contribution is -2.42. The third-order valence-corrected chi connectivity index (χ3v) is 4.58. The summed E-state index contributed by atoms with van der Waals surface area (Å²) < 4.78 is 0. The maximum Gasteiger partial charge on any atom is 0.109 e. The molecule has 0 spiro atoms. The first-order valence-electron chi connectivity index (χ1n) is 6.06. The van der Waals surface area contributed by atoms with E-state index < -0.39 is 5.60 Å². The number of thiophene rings is 1. The first-order chi connectivity index (χ1) is 7.58. The highest BCUT2D eigenvalue weighted by Crippen LogP contribution is 2.27. The molecule has 1 aromatic rings. The lowest BCUT2D eigenvalue weighted by Gasteiger charge is -2.35. The summed E-state index contributed by atoms with van der Waals surface area (Å²) in [6, 6.07) is 4.03. The molecule has 1 aliphatic heterocycles. The molecular formula is C13H21NOS. The van der Waals surface area contributed by atoms with Crippen molar-refractivity contribution in [3.05, 3.63) is 22.4 Å². The van der Waals surface area contributed by atoms with Crippen LogP contribution in [0.1, 0.15) is 31.6 Å². The van der Waals surface area contributed by atoms with Gasteiger partial charge in [-0.1, -0.05) is 13.0 Å². The molecule has 90 valence electrons. The zero-order valence-electron chi connectivity index (χ0n) is 10.1. The number of nitrogens with zero attached hydrogens (tertiary/aromatic N) is 1. The van der Waals surface area contributed by atoms with Crippen LogP contribution in [-0.4, -0.2) is 29.6 Å². The van der Waals surface area contributed by atoms with Crippen LogP contribution in [0, 0.1) is 5.92 Å². The van der Waals surface area contributed by atoms with Crippen LogP contribution in [0.2, 0.25) is 0 Å². The van der Waals surface area contributed by atoms with E-state index in [1.807, 2.05) is 24.4 Å². The van der Waals surface area contributed by atoms with Crippen molar-refractivity contribution in [3.8, 4) is 0 Å². The van der Waals surface area contributed by atoms with Gasteiger partial charge >= 0.3 is 0 Å². The lowest BCUT2D eigenvalue weighted by molar-refractivity contribution is 0.00945. The molecule has 2 nitrogen and oxygen atoms in total. The predicted octanol–water partition coefficient (Wildman–Crippen LogP) is 2.69. The van der Waals surface area contributed by atoms with Gasteiger partial charge in [0.25, 0.3) is 0 Å². The summed E-state index contributed by atoms with van der Waals surface area (Å²) in [5.41, 5.74) is -0.686. The highest BCUT2D eigenvalue weighted by atomic mass is 32.1. The fourth-order valence-corrected chi connectivity index (χ4v) is 3.10.